The summed E-state index contributed by atoms with van der Waals surface area (Å²) < 4.78 is 0. The zero-order valence-corrected chi connectivity index (χ0v) is 37.4. The zero-order valence-electron chi connectivity index (χ0n) is 31.8. The van der Waals surface area contributed by atoms with Crippen molar-refractivity contribution in [2.24, 2.45) is 0 Å². The molecule has 2 aromatic rings. The molecule has 0 spiro atoms. The Morgan fingerprint density at radius 1 is 0.562 bits per heavy atom. The van der Waals surface area contributed by atoms with Gasteiger partial charge in [0, 0.05) is 69.9 Å². The van der Waals surface area contributed by atoms with Crippen molar-refractivity contribution in [2.45, 2.75) is 13.8 Å². The number of hydrogen-bond donors (Lipinski definition) is 2. The van der Waals surface area contributed by atoms with Crippen LogP contribution in [0.15, 0.2) is 109 Å². The number of anilines is 2. The van der Waals surface area contributed by atoms with E-state index >= 15 is 0 Å². The third-order valence-electron chi connectivity index (χ3n) is 5.01. The fourth-order valence-corrected chi connectivity index (χ4v) is 3.48. The van der Waals surface area contributed by atoms with Crippen LogP contribution < -0.4 is 20.8 Å². The van der Waals surface area contributed by atoms with Crippen molar-refractivity contribution in [3.05, 3.63) is 191 Å². The molecule has 2 aliphatic carbocycles. The van der Waals surface area contributed by atoms with Gasteiger partial charge in [0.1, 0.15) is 0 Å². The quantitative estimate of drug-likeness (QED) is 0.180. The number of ketones is 2. The predicted octanol–water partition coefficient (Wildman–Crippen LogP) is 1.65. The summed E-state index contributed by atoms with van der Waals surface area (Å²) in [6.45, 7) is 2.86. The second-order valence-electron chi connectivity index (χ2n) is 8.95. The summed E-state index contributed by atoms with van der Waals surface area (Å²) in [5, 5.41) is 102. The predicted molar refractivity (Wildman–Crippen MR) is 215 cm³/mol. The number of carboxylic acid groups (broad SMARTS) is 2. The van der Waals surface area contributed by atoms with E-state index < -0.39 is 32.3 Å². The minimum atomic E-state index is -1.75. The molecule has 2 aromatic carbocycles. The number of nitriles is 2. The largest absolute Gasteiger partial charge is 3.00 e. The number of allylic oxidation sites excluding steroid dienone is 10. The molecule has 0 aromatic heterocycles. The van der Waals surface area contributed by atoms with E-state index in [0.29, 0.717) is 32.6 Å². The second-order valence-corrected chi connectivity index (χ2v) is 9.82. The van der Waals surface area contributed by atoms with Gasteiger partial charge in [-0.05, 0) is 60.7 Å². The SMILES string of the molecule is CC#N.CC#N.O=C1C=CC=C/C1=C/Nc1ccc(Cl)cc1C(=O)[O-].O=C1C=CC=C/C1=C/Nc1ccc(Cl)cc1C(=O)[O-].O=[N+]([O-])[O-].O=[N+]([O-])[O-].O=[N+]([O-])[O-].O=[N+]([O-])[O-].[Dy+3].[Dy+3].[OH3+].[OH3+]. The number of rotatable bonds is 6. The van der Waals surface area contributed by atoms with E-state index in [2.05, 4.69) is 10.6 Å². The van der Waals surface area contributed by atoms with Crippen LogP contribution in [-0.4, -0.2) is 43.9 Å². The molecular weight excluding hydrogens is 1210 g/mol. The number of carbonyl (C=O) groups is 4. The zero-order chi connectivity index (χ0) is 47.4. The molecule has 350 valence electrons. The third-order valence-corrected chi connectivity index (χ3v) is 5.48. The van der Waals surface area contributed by atoms with Crippen LogP contribution >= 0.6 is 23.2 Å². The number of hydrogen-bond acceptors (Lipinski definition) is 22. The van der Waals surface area contributed by atoms with E-state index in [4.69, 9.17) is 95.0 Å². The van der Waals surface area contributed by atoms with Crippen molar-refractivity contribution in [2.75, 3.05) is 10.6 Å². The molecule has 0 atom stereocenters. The second kappa shape index (κ2) is 46.1. The summed E-state index contributed by atoms with van der Waals surface area (Å²) in [5.41, 5.74) is 1.36. The van der Waals surface area contributed by atoms with E-state index in [1.54, 1.807) is 60.7 Å². The molecule has 0 bridgehead atoms. The minimum Gasteiger partial charge on any atom is -0.545 e. The monoisotopic (exact) mass is 1240 g/mol. The molecule has 0 fully saturated rings. The number of benzene rings is 2. The van der Waals surface area contributed by atoms with Crippen molar-refractivity contribution in [3.63, 3.8) is 0 Å². The first kappa shape index (κ1) is 75.0. The molecule has 0 saturated heterocycles. The van der Waals surface area contributed by atoms with Crippen molar-refractivity contribution < 1.29 is 137 Å². The molecule has 8 N–H and O–H groups in total. The Kier molecular flexibility index (Phi) is 54.0. The summed E-state index contributed by atoms with van der Waals surface area (Å²) in [6.07, 6.45) is 15.7. The van der Waals surface area contributed by atoms with Gasteiger partial charge in [0.2, 0.25) is 0 Å². The number of aromatic carboxylic acids is 2. The normalized spacial score (nSPS) is 11.2. The van der Waals surface area contributed by atoms with Crippen LogP contribution in [0.3, 0.4) is 0 Å². The van der Waals surface area contributed by atoms with Crippen LogP contribution in [0.5, 0.6) is 0 Å². The molecule has 28 nitrogen and oxygen atoms in total. The van der Waals surface area contributed by atoms with Crippen LogP contribution in [0.2, 0.25) is 10.0 Å². The Morgan fingerprint density at radius 3 is 0.984 bits per heavy atom. The molecule has 4 rings (SSSR count). The molecule has 0 amide bonds. The summed E-state index contributed by atoms with van der Waals surface area (Å²) in [5.74, 6) is -2.99. The first-order valence-electron chi connectivity index (χ1n) is 14.5. The van der Waals surface area contributed by atoms with Gasteiger partial charge in [-0.1, -0.05) is 47.5 Å². The fourth-order valence-electron chi connectivity index (χ4n) is 3.13. The molecule has 64 heavy (non-hydrogen) atoms. The van der Waals surface area contributed by atoms with E-state index in [0.717, 1.165) is 0 Å². The van der Waals surface area contributed by atoms with Gasteiger partial charge >= 0.3 is 76.3 Å². The van der Waals surface area contributed by atoms with Crippen LogP contribution in [0.1, 0.15) is 34.6 Å². The van der Waals surface area contributed by atoms with Gasteiger partial charge in [-0.2, -0.15) is 10.5 Å². The Labute approximate surface area is 429 Å². The summed E-state index contributed by atoms with van der Waals surface area (Å²) in [7, 11) is 0. The average molecular weight is 1240 g/mol. The molecule has 0 unspecified atom stereocenters. The number of nitrogens with zero attached hydrogens (tertiary/aromatic N) is 6. The standard InChI is InChI=1S/2C14H10ClNO3.2C2H3N.2Dy.4NO3.2H2O/c2*15-10-5-6-12(11(7-10)14(18)19)16-8-9-3-1-2-4-13(9)17;2*1-2-3;;;4*2-1(3)4;;/h2*1-8,16H,(H,18,19);2*1H3;;;;;;;2*1H2/q;;;;2*+3;4*-1;;/b2*9-8-;;;;;;;;;;. The van der Waals surface area contributed by atoms with Gasteiger partial charge in [-0.15, -0.1) is 0 Å². The van der Waals surface area contributed by atoms with E-state index in [1.165, 1.54) is 62.7 Å². The van der Waals surface area contributed by atoms with E-state index in [-0.39, 0.29) is 110 Å². The third kappa shape index (κ3) is 46.6. The van der Waals surface area contributed by atoms with Gasteiger partial charge < -0.3 is 103 Å². The molecule has 2 aliphatic rings. The summed E-state index contributed by atoms with van der Waals surface area (Å²) in [6, 6.07) is 12.2. The Hall–Kier alpha value is -6.41. The number of carbonyl (C=O) groups excluding carboxylic acids is 4. The Balaban J connectivity index is -0.000000108. The first-order chi connectivity index (χ1) is 27.9. The number of nitrogens with one attached hydrogen (secondary N) is 2. The smallest absolute Gasteiger partial charge is 0.545 e. The topological polar surface area (TPSA) is 517 Å². The van der Waals surface area contributed by atoms with Crippen molar-refractivity contribution >= 4 is 58.1 Å². The van der Waals surface area contributed by atoms with Crippen LogP contribution in [0.4, 0.5) is 11.4 Å². The minimum absolute atomic E-state index is 0. The molecule has 2 radical (unpaired) electrons. The Bertz CT molecular complexity index is 1930. The van der Waals surface area contributed by atoms with Crippen molar-refractivity contribution in [3.8, 4) is 12.1 Å². The maximum atomic E-state index is 11.5. The van der Waals surface area contributed by atoms with E-state index in [1.807, 2.05) is 0 Å². The summed E-state index contributed by atoms with van der Waals surface area (Å²) in [4.78, 5) is 77.9. The van der Waals surface area contributed by atoms with Crippen LogP contribution in [-0.2, 0) is 20.5 Å². The van der Waals surface area contributed by atoms with Crippen molar-refractivity contribution in [1.29, 1.82) is 10.5 Å². The molecule has 0 heterocycles. The number of carboxylic acids is 2. The van der Waals surface area contributed by atoms with Gasteiger partial charge in [0.15, 0.2) is 11.6 Å². The van der Waals surface area contributed by atoms with Gasteiger partial charge in [-0.25, -0.2) is 0 Å². The number of halogens is 2. The Morgan fingerprint density at radius 2 is 0.781 bits per heavy atom. The maximum absolute atomic E-state index is 11.5. The molecule has 0 aliphatic heterocycles. The first-order valence-corrected chi connectivity index (χ1v) is 15.3. The van der Waals surface area contributed by atoms with Gasteiger partial charge in [0.05, 0.1) is 44.4 Å². The average Bonchev–Trinajstić information content (AvgIpc) is 3.12. The molecule has 32 heteroatoms. The molecule has 0 saturated carbocycles. The van der Waals surface area contributed by atoms with E-state index in [9.17, 15) is 29.4 Å². The maximum Gasteiger partial charge on any atom is 3.00 e. The van der Waals surface area contributed by atoms with Gasteiger partial charge in [-0.3, -0.25) is 9.59 Å². The van der Waals surface area contributed by atoms with Crippen LogP contribution in [0.25, 0.3) is 0 Å². The van der Waals surface area contributed by atoms with Crippen molar-refractivity contribution in [1.82, 2.24) is 0 Å². The van der Waals surface area contributed by atoms with Gasteiger partial charge in [0.25, 0.3) is 0 Å². The molecular formula is C32H30Cl2Dy2N8O20+2. The van der Waals surface area contributed by atoms with Crippen LogP contribution in [0, 0.1) is 160 Å². The fraction of sp³-hybridized carbons (Fsp3) is 0.0625. The summed E-state index contributed by atoms with van der Waals surface area (Å²) >= 11 is 11.4.